The molecule has 4 rings (SSSR count). The van der Waals surface area contributed by atoms with Crippen molar-refractivity contribution in [1.82, 2.24) is 4.98 Å². The van der Waals surface area contributed by atoms with Crippen LogP contribution in [0.5, 0.6) is 5.75 Å². The van der Waals surface area contributed by atoms with Crippen LogP contribution < -0.4 is 4.74 Å². The van der Waals surface area contributed by atoms with Gasteiger partial charge < -0.3 is 4.74 Å². The van der Waals surface area contributed by atoms with Gasteiger partial charge >= 0.3 is 0 Å². The van der Waals surface area contributed by atoms with Gasteiger partial charge in [0, 0.05) is 26.9 Å². The summed E-state index contributed by atoms with van der Waals surface area (Å²) in [5.41, 5.74) is 6.20. The number of hydrogen-bond donors (Lipinski definition) is 0. The molecular weight excluding hydrogens is 471 g/mol. The van der Waals surface area contributed by atoms with Gasteiger partial charge in [-0.3, -0.25) is 0 Å². The number of halogens is 2. The van der Waals surface area contributed by atoms with Gasteiger partial charge in [0.2, 0.25) is 0 Å². The van der Waals surface area contributed by atoms with Gasteiger partial charge in [-0.25, -0.2) is 4.98 Å². The number of rotatable bonds is 6. The second-order valence-electron chi connectivity index (χ2n) is 7.47. The van der Waals surface area contributed by atoms with E-state index in [2.05, 4.69) is 25.1 Å². The second-order valence-corrected chi connectivity index (χ2v) is 9.27. The SMILES string of the molecule is COc1ccc(-c2cc(-c3ccc(C)cc3)nc(SCc3ccc(Cl)cc3Cl)c2C#N)cc1. The van der Waals surface area contributed by atoms with Crippen LogP contribution in [0.3, 0.4) is 0 Å². The van der Waals surface area contributed by atoms with Gasteiger partial charge in [0.05, 0.1) is 18.4 Å². The Labute approximate surface area is 208 Å². The smallest absolute Gasteiger partial charge is 0.118 e. The van der Waals surface area contributed by atoms with Gasteiger partial charge in [-0.15, -0.1) is 11.8 Å². The highest BCUT2D eigenvalue weighted by atomic mass is 35.5. The maximum absolute atomic E-state index is 10.1. The van der Waals surface area contributed by atoms with Crippen LogP contribution in [0.25, 0.3) is 22.4 Å². The van der Waals surface area contributed by atoms with Crippen LogP contribution in [0.2, 0.25) is 10.0 Å². The third-order valence-corrected chi connectivity index (χ3v) is 6.84. The Hall–Kier alpha value is -2.97. The predicted molar refractivity (Wildman–Crippen MR) is 137 cm³/mol. The molecule has 1 aromatic heterocycles. The fourth-order valence-electron chi connectivity index (χ4n) is 3.39. The van der Waals surface area contributed by atoms with Crippen LogP contribution in [0, 0.1) is 18.3 Å². The lowest BCUT2D eigenvalue weighted by Gasteiger charge is -2.13. The van der Waals surface area contributed by atoms with E-state index in [1.165, 1.54) is 17.3 Å². The molecule has 33 heavy (non-hydrogen) atoms. The molecule has 0 amide bonds. The molecule has 3 nitrogen and oxygen atoms in total. The number of thioether (sulfide) groups is 1. The van der Waals surface area contributed by atoms with Crippen LogP contribution in [0.1, 0.15) is 16.7 Å². The molecule has 0 fully saturated rings. The van der Waals surface area contributed by atoms with E-state index in [1.54, 1.807) is 13.2 Å². The molecule has 0 unspecified atom stereocenters. The van der Waals surface area contributed by atoms with Crippen LogP contribution in [0.15, 0.2) is 77.8 Å². The lowest BCUT2D eigenvalue weighted by Crippen LogP contribution is -1.97. The molecule has 0 bridgehead atoms. The topological polar surface area (TPSA) is 45.9 Å². The highest BCUT2D eigenvalue weighted by Gasteiger charge is 2.17. The largest absolute Gasteiger partial charge is 0.497 e. The van der Waals surface area contributed by atoms with E-state index in [4.69, 9.17) is 32.9 Å². The molecule has 3 aromatic carbocycles. The van der Waals surface area contributed by atoms with Crippen molar-refractivity contribution in [2.24, 2.45) is 0 Å². The summed E-state index contributed by atoms with van der Waals surface area (Å²) in [5, 5.41) is 11.9. The molecule has 0 aliphatic carbocycles. The van der Waals surface area contributed by atoms with Crippen molar-refractivity contribution < 1.29 is 4.74 Å². The fraction of sp³-hybridized carbons (Fsp3) is 0.111. The first-order valence-electron chi connectivity index (χ1n) is 10.2. The summed E-state index contributed by atoms with van der Waals surface area (Å²) in [7, 11) is 1.63. The number of nitrogens with zero attached hydrogens (tertiary/aromatic N) is 2. The zero-order chi connectivity index (χ0) is 23.4. The molecule has 164 valence electrons. The molecule has 0 N–H and O–H groups in total. The standard InChI is InChI=1S/C27H20Cl2N2OS/c1-17-3-5-19(6-4-17)26-14-23(18-8-11-22(32-2)12-9-18)24(15-30)27(31-26)33-16-20-7-10-21(28)13-25(20)29/h3-14H,16H2,1-2H3. The summed E-state index contributed by atoms with van der Waals surface area (Å²) in [6.07, 6.45) is 0. The summed E-state index contributed by atoms with van der Waals surface area (Å²) < 4.78 is 5.29. The highest BCUT2D eigenvalue weighted by Crippen LogP contribution is 2.37. The Morgan fingerprint density at radius 3 is 2.27 bits per heavy atom. The van der Waals surface area contributed by atoms with Gasteiger partial charge in [0.1, 0.15) is 16.8 Å². The van der Waals surface area contributed by atoms with Gasteiger partial charge in [-0.1, -0.05) is 71.2 Å². The Morgan fingerprint density at radius 2 is 1.64 bits per heavy atom. The van der Waals surface area contributed by atoms with Crippen molar-refractivity contribution in [3.05, 3.63) is 99.5 Å². The quantitative estimate of drug-likeness (QED) is 0.255. The van der Waals surface area contributed by atoms with Crippen molar-refractivity contribution in [3.8, 4) is 34.2 Å². The molecule has 0 aliphatic heterocycles. The van der Waals surface area contributed by atoms with E-state index >= 15 is 0 Å². The molecule has 0 saturated carbocycles. The third kappa shape index (κ3) is 5.34. The van der Waals surface area contributed by atoms with Crippen molar-refractivity contribution in [2.75, 3.05) is 7.11 Å². The second kappa shape index (κ2) is 10.3. The first-order valence-corrected chi connectivity index (χ1v) is 12.0. The monoisotopic (exact) mass is 490 g/mol. The van der Waals surface area contributed by atoms with Crippen molar-refractivity contribution in [2.45, 2.75) is 17.7 Å². The number of methoxy groups -OCH3 is 1. The van der Waals surface area contributed by atoms with E-state index in [1.807, 2.05) is 54.6 Å². The maximum atomic E-state index is 10.1. The number of benzene rings is 3. The minimum absolute atomic E-state index is 0.533. The number of aryl methyl sites for hydroxylation is 1. The molecule has 0 atom stereocenters. The molecule has 1 heterocycles. The van der Waals surface area contributed by atoms with Gasteiger partial charge in [-0.2, -0.15) is 5.26 Å². The summed E-state index contributed by atoms with van der Waals surface area (Å²) in [6.45, 7) is 2.05. The summed E-state index contributed by atoms with van der Waals surface area (Å²) in [5.74, 6) is 1.33. The fourth-order valence-corrected chi connectivity index (χ4v) is 4.95. The molecule has 0 saturated heterocycles. The van der Waals surface area contributed by atoms with E-state index < -0.39 is 0 Å². The minimum Gasteiger partial charge on any atom is -0.497 e. The molecule has 0 radical (unpaired) electrons. The third-order valence-electron chi connectivity index (χ3n) is 5.23. The molecule has 4 aromatic rings. The van der Waals surface area contributed by atoms with Crippen molar-refractivity contribution >= 4 is 35.0 Å². The number of aromatic nitrogens is 1. The zero-order valence-electron chi connectivity index (χ0n) is 18.1. The van der Waals surface area contributed by atoms with E-state index in [-0.39, 0.29) is 0 Å². The number of hydrogen-bond acceptors (Lipinski definition) is 4. The molecule has 0 spiro atoms. The van der Waals surface area contributed by atoms with Gasteiger partial charge in [0.25, 0.3) is 0 Å². The first kappa shape index (κ1) is 23.2. The molecular formula is C27H20Cl2N2OS. The Morgan fingerprint density at radius 1 is 0.939 bits per heavy atom. The van der Waals surface area contributed by atoms with Crippen LogP contribution in [0.4, 0.5) is 0 Å². The highest BCUT2D eigenvalue weighted by molar-refractivity contribution is 7.98. The maximum Gasteiger partial charge on any atom is 0.118 e. The normalized spacial score (nSPS) is 10.6. The number of pyridine rings is 1. The van der Waals surface area contributed by atoms with Crippen molar-refractivity contribution in [3.63, 3.8) is 0 Å². The Balaban J connectivity index is 1.81. The average molecular weight is 491 g/mol. The first-order chi connectivity index (χ1) is 16.0. The summed E-state index contributed by atoms with van der Waals surface area (Å²) >= 11 is 13.9. The van der Waals surface area contributed by atoms with E-state index in [0.29, 0.717) is 26.4 Å². The van der Waals surface area contributed by atoms with Crippen molar-refractivity contribution in [1.29, 1.82) is 5.26 Å². The lowest BCUT2D eigenvalue weighted by atomic mass is 9.99. The van der Waals surface area contributed by atoms with Crippen LogP contribution in [-0.2, 0) is 5.75 Å². The molecule has 0 aliphatic rings. The van der Waals surface area contributed by atoms with E-state index in [9.17, 15) is 5.26 Å². The Kier molecular flexibility index (Phi) is 7.25. The summed E-state index contributed by atoms with van der Waals surface area (Å²) in [4.78, 5) is 4.87. The summed E-state index contributed by atoms with van der Waals surface area (Å²) in [6, 6.07) is 25.7. The van der Waals surface area contributed by atoms with Crippen LogP contribution >= 0.6 is 35.0 Å². The van der Waals surface area contributed by atoms with Gasteiger partial charge in [-0.05, 0) is 48.4 Å². The van der Waals surface area contributed by atoms with E-state index in [0.717, 1.165) is 33.7 Å². The van der Waals surface area contributed by atoms with Crippen LogP contribution in [-0.4, -0.2) is 12.1 Å². The number of ether oxygens (including phenoxy) is 1. The molecule has 6 heteroatoms. The predicted octanol–water partition coefficient (Wildman–Crippen LogP) is 8.20. The Bertz CT molecular complexity index is 1330. The number of nitriles is 1. The lowest BCUT2D eigenvalue weighted by molar-refractivity contribution is 0.415. The average Bonchev–Trinajstić information content (AvgIpc) is 2.83. The van der Waals surface area contributed by atoms with Gasteiger partial charge in [0.15, 0.2) is 0 Å². The minimum atomic E-state index is 0.533. The zero-order valence-corrected chi connectivity index (χ0v) is 20.4.